The van der Waals surface area contributed by atoms with Gasteiger partial charge in [-0.15, -0.1) is 11.6 Å². The third-order valence-electron chi connectivity index (χ3n) is 1.79. The standard InChI is InChI=1S/C10H12Cl2N2O/c1-7(11)4-5-13-10(15)9-3-2-8(12)6-14-9/h2-3,6-7H,4-5H2,1H3,(H,13,15). The SMILES string of the molecule is CC(Cl)CCNC(=O)c1ccc(Cl)cn1. The highest BCUT2D eigenvalue weighted by molar-refractivity contribution is 6.30. The van der Waals surface area contributed by atoms with Crippen LogP contribution in [0.15, 0.2) is 18.3 Å². The Labute approximate surface area is 98.8 Å². The molecule has 82 valence electrons. The Kier molecular flexibility index (Phi) is 4.85. The second kappa shape index (κ2) is 5.93. The molecule has 0 spiro atoms. The first-order valence-electron chi connectivity index (χ1n) is 4.63. The van der Waals surface area contributed by atoms with Crippen LogP contribution in [0.1, 0.15) is 23.8 Å². The van der Waals surface area contributed by atoms with E-state index in [0.717, 1.165) is 6.42 Å². The Balaban J connectivity index is 2.43. The molecule has 1 unspecified atom stereocenters. The van der Waals surface area contributed by atoms with Crippen LogP contribution in [0.4, 0.5) is 0 Å². The number of pyridine rings is 1. The smallest absolute Gasteiger partial charge is 0.269 e. The van der Waals surface area contributed by atoms with Gasteiger partial charge in [0.2, 0.25) is 0 Å². The molecule has 5 heteroatoms. The van der Waals surface area contributed by atoms with Gasteiger partial charge in [-0.2, -0.15) is 0 Å². The predicted molar refractivity (Wildman–Crippen MR) is 61.5 cm³/mol. The maximum Gasteiger partial charge on any atom is 0.269 e. The van der Waals surface area contributed by atoms with Gasteiger partial charge < -0.3 is 5.32 Å². The van der Waals surface area contributed by atoms with E-state index < -0.39 is 0 Å². The summed E-state index contributed by atoms with van der Waals surface area (Å²) in [5, 5.41) is 3.29. The molecule has 0 aliphatic rings. The summed E-state index contributed by atoms with van der Waals surface area (Å²) in [6.45, 7) is 2.43. The maximum atomic E-state index is 11.5. The van der Waals surface area contributed by atoms with Crippen LogP contribution in [-0.2, 0) is 0 Å². The summed E-state index contributed by atoms with van der Waals surface area (Å²) in [7, 11) is 0. The summed E-state index contributed by atoms with van der Waals surface area (Å²) in [6.07, 6.45) is 2.18. The van der Waals surface area contributed by atoms with Gasteiger partial charge >= 0.3 is 0 Å². The second-order valence-electron chi connectivity index (χ2n) is 3.19. The van der Waals surface area contributed by atoms with E-state index in [0.29, 0.717) is 17.3 Å². The van der Waals surface area contributed by atoms with E-state index in [4.69, 9.17) is 23.2 Å². The summed E-state index contributed by atoms with van der Waals surface area (Å²) in [5.74, 6) is -0.205. The molecule has 1 atom stereocenters. The van der Waals surface area contributed by atoms with Crippen molar-refractivity contribution in [3.8, 4) is 0 Å². The van der Waals surface area contributed by atoms with Crippen LogP contribution in [0.5, 0.6) is 0 Å². The number of hydrogen-bond donors (Lipinski definition) is 1. The van der Waals surface area contributed by atoms with Gasteiger partial charge in [0.15, 0.2) is 0 Å². The van der Waals surface area contributed by atoms with Crippen LogP contribution in [0.3, 0.4) is 0 Å². The van der Waals surface area contributed by atoms with E-state index in [-0.39, 0.29) is 11.3 Å². The largest absolute Gasteiger partial charge is 0.351 e. The van der Waals surface area contributed by atoms with Gasteiger partial charge in [-0.25, -0.2) is 4.98 Å². The van der Waals surface area contributed by atoms with Crippen LogP contribution in [-0.4, -0.2) is 22.8 Å². The zero-order valence-electron chi connectivity index (χ0n) is 8.34. The molecular weight excluding hydrogens is 235 g/mol. The predicted octanol–water partition coefficient (Wildman–Crippen LogP) is 2.48. The topological polar surface area (TPSA) is 42.0 Å². The average Bonchev–Trinajstić information content (AvgIpc) is 2.18. The zero-order chi connectivity index (χ0) is 11.3. The van der Waals surface area contributed by atoms with E-state index in [1.165, 1.54) is 6.20 Å². The normalized spacial score (nSPS) is 12.2. The van der Waals surface area contributed by atoms with Crippen LogP contribution < -0.4 is 5.32 Å². The van der Waals surface area contributed by atoms with Crippen LogP contribution >= 0.6 is 23.2 Å². The summed E-state index contributed by atoms with van der Waals surface area (Å²) >= 11 is 11.4. The Bertz CT molecular complexity index is 325. The molecule has 1 rings (SSSR count). The number of hydrogen-bond acceptors (Lipinski definition) is 2. The molecule has 0 aliphatic heterocycles. The van der Waals surface area contributed by atoms with Gasteiger partial charge in [-0.05, 0) is 25.5 Å². The van der Waals surface area contributed by atoms with Gasteiger partial charge in [0.05, 0.1) is 5.02 Å². The van der Waals surface area contributed by atoms with Crippen molar-refractivity contribution >= 4 is 29.1 Å². The lowest BCUT2D eigenvalue weighted by Gasteiger charge is -2.05. The fraction of sp³-hybridized carbons (Fsp3) is 0.400. The highest BCUT2D eigenvalue weighted by Gasteiger charge is 2.06. The summed E-state index contributed by atoms with van der Waals surface area (Å²) in [4.78, 5) is 15.4. The second-order valence-corrected chi connectivity index (χ2v) is 4.37. The van der Waals surface area contributed by atoms with Gasteiger partial charge in [0.1, 0.15) is 5.69 Å². The maximum absolute atomic E-state index is 11.5. The molecule has 15 heavy (non-hydrogen) atoms. The third kappa shape index (κ3) is 4.49. The first kappa shape index (κ1) is 12.3. The molecule has 0 bridgehead atoms. The van der Waals surface area contributed by atoms with Gasteiger partial charge in [0, 0.05) is 18.1 Å². The number of amides is 1. The Morgan fingerprint density at radius 2 is 2.33 bits per heavy atom. The van der Waals surface area contributed by atoms with Crippen molar-refractivity contribution in [1.82, 2.24) is 10.3 Å². The molecule has 0 aliphatic carbocycles. The highest BCUT2D eigenvalue weighted by Crippen LogP contribution is 2.06. The number of nitrogens with one attached hydrogen (secondary N) is 1. The van der Waals surface area contributed by atoms with Crippen molar-refractivity contribution in [2.45, 2.75) is 18.7 Å². The van der Waals surface area contributed by atoms with Crippen molar-refractivity contribution in [2.75, 3.05) is 6.54 Å². The fourth-order valence-electron chi connectivity index (χ4n) is 0.985. The summed E-state index contributed by atoms with van der Waals surface area (Å²) < 4.78 is 0. The number of rotatable bonds is 4. The summed E-state index contributed by atoms with van der Waals surface area (Å²) in [6, 6.07) is 3.22. The van der Waals surface area contributed by atoms with Crippen molar-refractivity contribution in [3.05, 3.63) is 29.0 Å². The monoisotopic (exact) mass is 246 g/mol. The first-order chi connectivity index (χ1) is 7.09. The fourth-order valence-corrected chi connectivity index (χ4v) is 1.21. The number of nitrogens with zero attached hydrogens (tertiary/aromatic N) is 1. The molecular formula is C10H12Cl2N2O. The molecule has 0 saturated carbocycles. The number of carbonyl (C=O) groups is 1. The first-order valence-corrected chi connectivity index (χ1v) is 5.45. The molecule has 0 radical (unpaired) electrons. The van der Waals surface area contributed by atoms with E-state index in [2.05, 4.69) is 10.3 Å². The minimum atomic E-state index is -0.205. The molecule has 1 amide bonds. The minimum absolute atomic E-state index is 0.0588. The lowest BCUT2D eigenvalue weighted by molar-refractivity contribution is 0.0948. The van der Waals surface area contributed by atoms with E-state index in [9.17, 15) is 4.79 Å². The lowest BCUT2D eigenvalue weighted by Crippen LogP contribution is -2.26. The number of alkyl halides is 1. The third-order valence-corrected chi connectivity index (χ3v) is 2.23. The van der Waals surface area contributed by atoms with Crippen molar-refractivity contribution < 1.29 is 4.79 Å². The Morgan fingerprint density at radius 1 is 1.60 bits per heavy atom. The van der Waals surface area contributed by atoms with E-state index >= 15 is 0 Å². The number of aromatic nitrogens is 1. The Morgan fingerprint density at radius 3 is 2.87 bits per heavy atom. The molecule has 1 N–H and O–H groups in total. The van der Waals surface area contributed by atoms with Crippen molar-refractivity contribution in [1.29, 1.82) is 0 Å². The van der Waals surface area contributed by atoms with Gasteiger partial charge in [-0.3, -0.25) is 4.79 Å². The van der Waals surface area contributed by atoms with Gasteiger partial charge in [0.25, 0.3) is 5.91 Å². The number of halogens is 2. The minimum Gasteiger partial charge on any atom is -0.351 e. The molecule has 1 aromatic rings. The van der Waals surface area contributed by atoms with Crippen LogP contribution in [0.25, 0.3) is 0 Å². The lowest BCUT2D eigenvalue weighted by atomic mass is 10.3. The van der Waals surface area contributed by atoms with Crippen LogP contribution in [0, 0.1) is 0 Å². The molecule has 0 fully saturated rings. The number of carbonyl (C=O) groups excluding carboxylic acids is 1. The quantitative estimate of drug-likeness (QED) is 0.830. The zero-order valence-corrected chi connectivity index (χ0v) is 9.85. The highest BCUT2D eigenvalue weighted by atomic mass is 35.5. The molecule has 1 aromatic heterocycles. The van der Waals surface area contributed by atoms with E-state index in [1.807, 2.05) is 6.92 Å². The van der Waals surface area contributed by atoms with Crippen molar-refractivity contribution in [3.63, 3.8) is 0 Å². The Hall–Kier alpha value is -0.800. The average molecular weight is 247 g/mol. The summed E-state index contributed by atoms with van der Waals surface area (Å²) in [5.41, 5.74) is 0.363. The molecule has 0 aromatic carbocycles. The molecule has 3 nitrogen and oxygen atoms in total. The van der Waals surface area contributed by atoms with Crippen molar-refractivity contribution in [2.24, 2.45) is 0 Å². The molecule has 0 saturated heterocycles. The van der Waals surface area contributed by atoms with Gasteiger partial charge in [-0.1, -0.05) is 11.6 Å². The van der Waals surface area contributed by atoms with E-state index in [1.54, 1.807) is 12.1 Å². The molecule has 1 heterocycles. The van der Waals surface area contributed by atoms with Crippen LogP contribution in [0.2, 0.25) is 5.02 Å².